The Hall–Kier alpha value is -7.08. The van der Waals surface area contributed by atoms with Gasteiger partial charge in [-0.1, -0.05) is 127 Å². The molecule has 0 spiro atoms. The summed E-state index contributed by atoms with van der Waals surface area (Å²) in [5, 5.41) is 8.43. The van der Waals surface area contributed by atoms with Gasteiger partial charge in [0.05, 0.1) is 22.1 Å². The first-order valence-electron chi connectivity index (χ1n) is 18.6. The van der Waals surface area contributed by atoms with E-state index in [0.717, 1.165) is 60.7 Å². The van der Waals surface area contributed by atoms with Crippen LogP contribution in [-0.2, 0) is 0 Å². The summed E-state index contributed by atoms with van der Waals surface area (Å²) in [7, 11) is 0. The molecule has 4 aromatic heterocycles. The molecule has 0 aliphatic carbocycles. The number of hydrogen-bond acceptors (Lipinski definition) is 3. The minimum Gasteiger partial charge on any atom is -0.309 e. The molecular weight excluding hydrogens is 689 g/mol. The van der Waals surface area contributed by atoms with E-state index in [0.29, 0.717) is 0 Å². The average molecular weight is 719 g/mol. The SMILES string of the molecule is c1ccc(-c2nc3sc4ccc(-c5ccc6c7ccccc7n(-c7ccccc7)c6c5)cc4c3nc2-n2c3ccccc3c3cc4ccccc4cc32)cc1. The summed E-state index contributed by atoms with van der Waals surface area (Å²) in [6, 6.07) is 65.4. The third-order valence-corrected chi connectivity index (χ3v) is 12.2. The smallest absolute Gasteiger partial charge is 0.165 e. The molecule has 55 heavy (non-hydrogen) atoms. The maximum atomic E-state index is 5.64. The van der Waals surface area contributed by atoms with Crippen LogP contribution in [0.25, 0.3) is 109 Å². The van der Waals surface area contributed by atoms with E-state index in [2.05, 4.69) is 191 Å². The topological polar surface area (TPSA) is 35.6 Å². The molecule has 0 fully saturated rings. The number of hydrogen-bond donors (Lipinski definition) is 0. The Morgan fingerprint density at radius 2 is 0.982 bits per heavy atom. The number of fused-ring (bicyclic) bond motifs is 10. The summed E-state index contributed by atoms with van der Waals surface area (Å²) in [6.07, 6.45) is 0. The van der Waals surface area contributed by atoms with Crippen LogP contribution in [0, 0.1) is 0 Å². The van der Waals surface area contributed by atoms with Crippen molar-refractivity contribution < 1.29 is 0 Å². The van der Waals surface area contributed by atoms with E-state index >= 15 is 0 Å². The predicted molar refractivity (Wildman–Crippen MR) is 232 cm³/mol. The number of thiophene rings is 1. The second-order valence-electron chi connectivity index (χ2n) is 14.2. The van der Waals surface area contributed by atoms with Crippen molar-refractivity contribution in [3.8, 4) is 33.9 Å². The van der Waals surface area contributed by atoms with Crippen molar-refractivity contribution >= 4 is 86.2 Å². The van der Waals surface area contributed by atoms with Crippen molar-refractivity contribution in [2.24, 2.45) is 0 Å². The Bertz CT molecular complexity index is 3480. The zero-order valence-corrected chi connectivity index (χ0v) is 30.3. The maximum absolute atomic E-state index is 5.64. The van der Waals surface area contributed by atoms with Crippen LogP contribution in [0.2, 0.25) is 0 Å². The minimum atomic E-state index is 0.832. The highest BCUT2D eigenvalue weighted by atomic mass is 32.1. The molecular formula is C50H30N4S. The molecule has 4 nitrogen and oxygen atoms in total. The molecule has 12 rings (SSSR count). The molecule has 0 N–H and O–H groups in total. The third-order valence-electron chi connectivity index (χ3n) is 11.1. The monoisotopic (exact) mass is 718 g/mol. The molecule has 4 heterocycles. The summed E-state index contributed by atoms with van der Waals surface area (Å²) in [5.41, 5.74) is 10.9. The van der Waals surface area contributed by atoms with Gasteiger partial charge >= 0.3 is 0 Å². The van der Waals surface area contributed by atoms with E-state index in [-0.39, 0.29) is 0 Å². The Morgan fingerprint density at radius 1 is 0.382 bits per heavy atom. The molecule has 0 radical (unpaired) electrons. The zero-order chi connectivity index (χ0) is 36.0. The van der Waals surface area contributed by atoms with Crippen LogP contribution in [0.15, 0.2) is 182 Å². The van der Waals surface area contributed by atoms with E-state index in [1.54, 1.807) is 11.3 Å². The largest absolute Gasteiger partial charge is 0.309 e. The molecule has 0 aliphatic rings. The molecule has 12 aromatic rings. The molecule has 0 bridgehead atoms. The Labute approximate surface area is 319 Å². The normalized spacial score (nSPS) is 12.0. The van der Waals surface area contributed by atoms with Crippen molar-refractivity contribution in [3.05, 3.63) is 182 Å². The van der Waals surface area contributed by atoms with E-state index in [1.165, 1.54) is 48.1 Å². The Balaban J connectivity index is 1.12. The number of nitrogens with zero attached hydrogens (tertiary/aromatic N) is 4. The van der Waals surface area contributed by atoms with Crippen LogP contribution < -0.4 is 0 Å². The molecule has 256 valence electrons. The van der Waals surface area contributed by atoms with Gasteiger partial charge in [-0.3, -0.25) is 4.57 Å². The molecule has 0 amide bonds. The van der Waals surface area contributed by atoms with Crippen LogP contribution in [-0.4, -0.2) is 19.1 Å². The van der Waals surface area contributed by atoms with Crippen LogP contribution in [0.1, 0.15) is 0 Å². The van der Waals surface area contributed by atoms with Crippen molar-refractivity contribution in [1.29, 1.82) is 0 Å². The Morgan fingerprint density at radius 3 is 1.78 bits per heavy atom. The van der Waals surface area contributed by atoms with Gasteiger partial charge in [0, 0.05) is 42.9 Å². The second-order valence-corrected chi connectivity index (χ2v) is 15.2. The van der Waals surface area contributed by atoms with Gasteiger partial charge in [-0.25, -0.2) is 9.97 Å². The van der Waals surface area contributed by atoms with Gasteiger partial charge in [0.2, 0.25) is 0 Å². The average Bonchev–Trinajstić information content (AvgIpc) is 3.89. The lowest BCUT2D eigenvalue weighted by Gasteiger charge is -2.13. The summed E-state index contributed by atoms with van der Waals surface area (Å²) in [4.78, 5) is 12.0. The standard InChI is InChI=1S/C50H30N4S/c1-3-13-31(14-4-1)47-49(54-43-22-12-10-20-38(43)40-27-32-15-7-8-16-33(32)29-45(40)54)51-48-41-28-34(24-26-46(41)55-50(48)52-47)35-23-25-39-37-19-9-11-21-42(37)53(44(39)30-35)36-17-5-2-6-18-36/h1-30H. The predicted octanol–water partition coefficient (Wildman–Crippen LogP) is 13.5. The van der Waals surface area contributed by atoms with Gasteiger partial charge in [-0.15, -0.1) is 11.3 Å². The highest BCUT2D eigenvalue weighted by Crippen LogP contribution is 2.42. The lowest BCUT2D eigenvalue weighted by Crippen LogP contribution is -2.03. The fourth-order valence-corrected chi connectivity index (χ4v) is 9.58. The van der Waals surface area contributed by atoms with E-state index < -0.39 is 0 Å². The van der Waals surface area contributed by atoms with Gasteiger partial charge in [0.1, 0.15) is 16.0 Å². The molecule has 0 saturated heterocycles. The number of rotatable bonds is 4. The molecule has 0 saturated carbocycles. The van der Waals surface area contributed by atoms with Crippen LogP contribution in [0.5, 0.6) is 0 Å². The summed E-state index contributed by atoms with van der Waals surface area (Å²) < 4.78 is 5.88. The van der Waals surface area contributed by atoms with Crippen molar-refractivity contribution in [2.75, 3.05) is 0 Å². The minimum absolute atomic E-state index is 0.832. The third kappa shape index (κ3) is 4.57. The molecule has 0 atom stereocenters. The quantitative estimate of drug-likeness (QED) is 0.182. The fraction of sp³-hybridized carbons (Fsp3) is 0. The van der Waals surface area contributed by atoms with Gasteiger partial charge in [0.25, 0.3) is 0 Å². The number of benzene rings is 8. The van der Waals surface area contributed by atoms with Crippen molar-refractivity contribution in [3.63, 3.8) is 0 Å². The van der Waals surface area contributed by atoms with Crippen molar-refractivity contribution in [1.82, 2.24) is 19.1 Å². The van der Waals surface area contributed by atoms with E-state index in [1.807, 2.05) is 0 Å². The summed E-state index contributed by atoms with van der Waals surface area (Å²) in [5.74, 6) is 0.832. The fourth-order valence-electron chi connectivity index (χ4n) is 8.58. The van der Waals surface area contributed by atoms with Crippen LogP contribution in [0.4, 0.5) is 0 Å². The lowest BCUT2D eigenvalue weighted by atomic mass is 10.0. The van der Waals surface area contributed by atoms with Gasteiger partial charge < -0.3 is 4.57 Å². The molecule has 0 unspecified atom stereocenters. The maximum Gasteiger partial charge on any atom is 0.165 e. The summed E-state index contributed by atoms with van der Waals surface area (Å²) in [6.45, 7) is 0. The first-order chi connectivity index (χ1) is 27.3. The van der Waals surface area contributed by atoms with E-state index in [4.69, 9.17) is 9.97 Å². The molecule has 8 aromatic carbocycles. The lowest BCUT2D eigenvalue weighted by molar-refractivity contribution is 1.09. The van der Waals surface area contributed by atoms with E-state index in [9.17, 15) is 0 Å². The Kier molecular flexibility index (Phi) is 6.47. The van der Waals surface area contributed by atoms with Gasteiger partial charge in [-0.05, 0) is 76.5 Å². The zero-order valence-electron chi connectivity index (χ0n) is 29.5. The van der Waals surface area contributed by atoms with Gasteiger partial charge in [-0.2, -0.15) is 0 Å². The molecule has 0 aliphatic heterocycles. The summed E-state index contributed by atoms with van der Waals surface area (Å²) >= 11 is 1.71. The number of para-hydroxylation sites is 3. The molecule has 5 heteroatoms. The first kappa shape index (κ1) is 30.4. The van der Waals surface area contributed by atoms with Crippen LogP contribution in [0.3, 0.4) is 0 Å². The van der Waals surface area contributed by atoms with Crippen LogP contribution >= 0.6 is 11.3 Å². The highest BCUT2D eigenvalue weighted by molar-refractivity contribution is 7.25. The van der Waals surface area contributed by atoms with Crippen molar-refractivity contribution in [2.45, 2.75) is 0 Å². The highest BCUT2D eigenvalue weighted by Gasteiger charge is 2.22. The first-order valence-corrected chi connectivity index (χ1v) is 19.4. The number of aromatic nitrogens is 4. The second kappa shape index (κ2) is 11.7. The van der Waals surface area contributed by atoms with Gasteiger partial charge in [0.15, 0.2) is 5.82 Å².